The van der Waals surface area contributed by atoms with Crippen molar-refractivity contribution in [3.63, 3.8) is 0 Å². The fraction of sp³-hybridized carbons (Fsp3) is 0.360. The highest BCUT2D eigenvalue weighted by atomic mass is 35.5. The van der Waals surface area contributed by atoms with Crippen molar-refractivity contribution >= 4 is 17.5 Å². The highest BCUT2D eigenvalue weighted by Gasteiger charge is 2.42. The molecular weight excluding hydrogens is 458 g/mol. The molecule has 0 bridgehead atoms. The predicted octanol–water partition coefficient (Wildman–Crippen LogP) is 4.81. The van der Waals surface area contributed by atoms with Gasteiger partial charge < -0.3 is 24.2 Å². The highest BCUT2D eigenvalue weighted by Crippen LogP contribution is 2.46. The third kappa shape index (κ3) is 4.43. The van der Waals surface area contributed by atoms with Gasteiger partial charge in [0.1, 0.15) is 17.1 Å². The zero-order chi connectivity index (χ0) is 24.2. The molecule has 0 aliphatic carbocycles. The number of H-pyrrole nitrogens is 1. The van der Waals surface area contributed by atoms with Crippen LogP contribution < -0.4 is 9.47 Å². The number of ether oxygens (including phenoxy) is 3. The Hall–Kier alpha value is -3.23. The molecule has 1 aromatic heterocycles. The number of amides is 1. The maximum absolute atomic E-state index is 13.3. The van der Waals surface area contributed by atoms with Gasteiger partial charge in [-0.3, -0.25) is 9.89 Å². The summed E-state index contributed by atoms with van der Waals surface area (Å²) < 4.78 is 16.7. The van der Waals surface area contributed by atoms with Gasteiger partial charge in [0.05, 0.1) is 26.4 Å². The number of aromatic nitrogens is 2. The molecule has 0 radical (unpaired) electrons. The van der Waals surface area contributed by atoms with Gasteiger partial charge in [-0.25, -0.2) is 0 Å². The standard InChI is InChI=1S/C25H28ClN3O5/c1-4-5-11-34-19-9-6-15(13-20(19)33-3)24-21-22(17-14-16(26)7-8-18(17)30)27-28-23(21)25(31)29(24)10-12-32-2/h6-9,13-14,24,30H,4-5,10-12H2,1-3H3,(H,27,28). The van der Waals surface area contributed by atoms with Crippen molar-refractivity contribution in [2.45, 2.75) is 25.8 Å². The smallest absolute Gasteiger partial charge is 0.273 e. The van der Waals surface area contributed by atoms with Crippen LogP contribution in [0.5, 0.6) is 17.2 Å². The molecule has 0 spiro atoms. The molecule has 2 heterocycles. The van der Waals surface area contributed by atoms with Crippen LogP contribution in [0.2, 0.25) is 5.02 Å². The Bertz CT molecular complexity index is 1180. The van der Waals surface area contributed by atoms with Crippen LogP contribution in [0.25, 0.3) is 11.3 Å². The monoisotopic (exact) mass is 485 g/mol. The fourth-order valence-electron chi connectivity index (χ4n) is 4.17. The van der Waals surface area contributed by atoms with Crippen molar-refractivity contribution in [3.05, 3.63) is 58.2 Å². The molecule has 0 saturated carbocycles. The number of unbranched alkanes of at least 4 members (excludes halogenated alkanes) is 1. The number of nitrogens with one attached hydrogen (secondary N) is 1. The summed E-state index contributed by atoms with van der Waals surface area (Å²) in [7, 11) is 3.18. The van der Waals surface area contributed by atoms with E-state index in [9.17, 15) is 9.90 Å². The van der Waals surface area contributed by atoms with E-state index < -0.39 is 6.04 Å². The van der Waals surface area contributed by atoms with Crippen molar-refractivity contribution in [1.29, 1.82) is 0 Å². The van der Waals surface area contributed by atoms with Crippen molar-refractivity contribution in [1.82, 2.24) is 15.1 Å². The second-order valence-corrected chi connectivity index (χ2v) is 8.46. The number of benzene rings is 2. The van der Waals surface area contributed by atoms with E-state index >= 15 is 0 Å². The number of aromatic amines is 1. The summed E-state index contributed by atoms with van der Waals surface area (Å²) in [5, 5.41) is 18.2. The van der Waals surface area contributed by atoms with E-state index in [-0.39, 0.29) is 11.7 Å². The van der Waals surface area contributed by atoms with Gasteiger partial charge in [0, 0.05) is 29.8 Å². The summed E-state index contributed by atoms with van der Waals surface area (Å²) in [6, 6.07) is 9.94. The summed E-state index contributed by atoms with van der Waals surface area (Å²) in [6.45, 7) is 3.44. The first-order chi connectivity index (χ1) is 16.5. The maximum Gasteiger partial charge on any atom is 0.273 e. The molecular formula is C25H28ClN3O5. The van der Waals surface area contributed by atoms with Crippen molar-refractivity contribution < 1.29 is 24.1 Å². The summed E-state index contributed by atoms with van der Waals surface area (Å²) >= 11 is 6.20. The minimum absolute atomic E-state index is 0.0255. The van der Waals surface area contributed by atoms with Gasteiger partial charge in [-0.1, -0.05) is 31.0 Å². The van der Waals surface area contributed by atoms with Crippen LogP contribution in [-0.4, -0.2) is 60.1 Å². The number of hydrogen-bond donors (Lipinski definition) is 2. The Labute approximate surface area is 203 Å². The number of nitrogens with zero attached hydrogens (tertiary/aromatic N) is 2. The number of fused-ring (bicyclic) bond motifs is 1. The van der Waals surface area contributed by atoms with Crippen LogP contribution in [0.15, 0.2) is 36.4 Å². The number of halogens is 1. The normalized spacial score (nSPS) is 15.0. The lowest BCUT2D eigenvalue weighted by Gasteiger charge is -2.26. The Balaban J connectivity index is 1.82. The molecule has 0 fully saturated rings. The molecule has 2 N–H and O–H groups in total. The molecule has 180 valence electrons. The van der Waals surface area contributed by atoms with Crippen LogP contribution in [0.1, 0.15) is 47.4 Å². The molecule has 1 amide bonds. The van der Waals surface area contributed by atoms with Gasteiger partial charge in [0.15, 0.2) is 11.5 Å². The quantitative estimate of drug-likeness (QED) is 0.400. The second kappa shape index (κ2) is 10.4. The summed E-state index contributed by atoms with van der Waals surface area (Å²) in [5.41, 5.74) is 2.78. The van der Waals surface area contributed by atoms with E-state index in [1.807, 2.05) is 18.2 Å². The van der Waals surface area contributed by atoms with E-state index in [0.29, 0.717) is 58.8 Å². The number of aromatic hydroxyl groups is 1. The molecule has 3 aromatic rings. The van der Waals surface area contributed by atoms with Gasteiger partial charge in [0.25, 0.3) is 5.91 Å². The lowest BCUT2D eigenvalue weighted by atomic mass is 9.95. The number of carbonyl (C=O) groups is 1. The van der Waals surface area contributed by atoms with Crippen LogP contribution in [0.3, 0.4) is 0 Å². The van der Waals surface area contributed by atoms with Crippen LogP contribution in [-0.2, 0) is 4.74 Å². The maximum atomic E-state index is 13.3. The Morgan fingerprint density at radius 3 is 2.71 bits per heavy atom. The molecule has 34 heavy (non-hydrogen) atoms. The second-order valence-electron chi connectivity index (χ2n) is 8.03. The van der Waals surface area contributed by atoms with E-state index in [1.54, 1.807) is 31.3 Å². The number of phenols is 1. The molecule has 8 nitrogen and oxygen atoms in total. The third-order valence-electron chi connectivity index (χ3n) is 5.87. The van der Waals surface area contributed by atoms with E-state index in [4.69, 9.17) is 25.8 Å². The van der Waals surface area contributed by atoms with Crippen LogP contribution >= 0.6 is 11.6 Å². The predicted molar refractivity (Wildman–Crippen MR) is 129 cm³/mol. The van der Waals surface area contributed by atoms with Gasteiger partial charge in [-0.15, -0.1) is 0 Å². The van der Waals surface area contributed by atoms with E-state index in [0.717, 1.165) is 18.4 Å². The number of rotatable bonds is 10. The molecule has 0 saturated heterocycles. The first kappa shape index (κ1) is 23.9. The average molecular weight is 486 g/mol. The molecule has 1 aliphatic rings. The fourth-order valence-corrected chi connectivity index (χ4v) is 4.34. The van der Waals surface area contributed by atoms with Gasteiger partial charge in [-0.2, -0.15) is 5.10 Å². The number of phenolic OH excluding ortho intramolecular Hbond substituents is 1. The average Bonchev–Trinajstić information content (AvgIpc) is 3.38. The summed E-state index contributed by atoms with van der Waals surface area (Å²) in [5.74, 6) is 1.06. The molecule has 1 unspecified atom stereocenters. The number of carbonyl (C=O) groups excluding carboxylic acids is 1. The Morgan fingerprint density at radius 2 is 1.97 bits per heavy atom. The van der Waals surface area contributed by atoms with Crippen molar-refractivity contribution in [2.75, 3.05) is 34.0 Å². The molecule has 2 aromatic carbocycles. The largest absolute Gasteiger partial charge is 0.507 e. The summed E-state index contributed by atoms with van der Waals surface area (Å²) in [6.07, 6.45) is 1.97. The molecule has 4 rings (SSSR count). The van der Waals surface area contributed by atoms with Gasteiger partial charge in [-0.05, 0) is 42.3 Å². The van der Waals surface area contributed by atoms with Crippen molar-refractivity contribution in [3.8, 4) is 28.5 Å². The molecule has 1 aliphatic heterocycles. The Kier molecular flexibility index (Phi) is 7.29. The lowest BCUT2D eigenvalue weighted by molar-refractivity contribution is 0.0677. The van der Waals surface area contributed by atoms with E-state index in [2.05, 4.69) is 17.1 Å². The number of hydrogen-bond acceptors (Lipinski definition) is 6. The number of methoxy groups -OCH3 is 2. The lowest BCUT2D eigenvalue weighted by Crippen LogP contribution is -2.32. The van der Waals surface area contributed by atoms with Gasteiger partial charge >= 0.3 is 0 Å². The van der Waals surface area contributed by atoms with Gasteiger partial charge in [0.2, 0.25) is 0 Å². The zero-order valence-corrected chi connectivity index (χ0v) is 20.2. The first-order valence-corrected chi connectivity index (χ1v) is 11.6. The topological polar surface area (TPSA) is 96.9 Å². The zero-order valence-electron chi connectivity index (χ0n) is 19.4. The minimum Gasteiger partial charge on any atom is -0.507 e. The summed E-state index contributed by atoms with van der Waals surface area (Å²) in [4.78, 5) is 15.1. The third-order valence-corrected chi connectivity index (χ3v) is 6.11. The molecule has 9 heteroatoms. The highest BCUT2D eigenvalue weighted by molar-refractivity contribution is 6.31. The van der Waals surface area contributed by atoms with Crippen LogP contribution in [0.4, 0.5) is 0 Å². The SMILES string of the molecule is CCCCOc1ccc(C2c3c(-c4cc(Cl)ccc4O)n[nH]c3C(=O)N2CCOC)cc1OC. The van der Waals surface area contributed by atoms with Crippen molar-refractivity contribution in [2.24, 2.45) is 0 Å². The van der Waals surface area contributed by atoms with E-state index in [1.165, 1.54) is 6.07 Å². The van der Waals surface area contributed by atoms with Crippen LogP contribution in [0, 0.1) is 0 Å². The Morgan fingerprint density at radius 1 is 1.15 bits per heavy atom. The minimum atomic E-state index is -0.469. The first-order valence-electron chi connectivity index (χ1n) is 11.2. The molecule has 1 atom stereocenters.